The number of rotatable bonds is 7. The number of aromatic nitrogens is 1. The molecule has 1 atom stereocenters. The number of likely N-dealkylation sites (tertiary alicyclic amines) is 1. The number of nitrogens with zero attached hydrogens (tertiary/aromatic N) is 3. The normalized spacial score (nSPS) is 15.4. The second-order valence-corrected chi connectivity index (χ2v) is 9.07. The maximum atomic E-state index is 12.7. The number of anilines is 2. The Morgan fingerprint density at radius 1 is 1.23 bits per heavy atom. The van der Waals surface area contributed by atoms with Gasteiger partial charge in [-0.05, 0) is 62.9 Å². The minimum Gasteiger partial charge on any atom is -0.458 e. The summed E-state index contributed by atoms with van der Waals surface area (Å²) in [5.74, 6) is -0.103. The topological polar surface area (TPSA) is 62.7 Å². The molecular weight excluding hydrogens is 398 g/mol. The molecule has 6 nitrogen and oxygen atoms in total. The van der Waals surface area contributed by atoms with E-state index in [1.165, 1.54) is 18.3 Å². The molecule has 1 unspecified atom stereocenters. The Bertz CT molecular complexity index is 903. The predicted octanol–water partition coefficient (Wildman–Crippen LogP) is 4.61. The average Bonchev–Trinajstić information content (AvgIpc) is 3.36. The van der Waals surface area contributed by atoms with Crippen molar-refractivity contribution in [3.8, 4) is 0 Å². The fraction of sp³-hybridized carbons (Fsp3) is 0.522. The average molecular weight is 430 g/mol. The van der Waals surface area contributed by atoms with E-state index in [0.717, 1.165) is 42.7 Å². The minimum atomic E-state index is -0.214. The highest BCUT2D eigenvalue weighted by molar-refractivity contribution is 7.14. The van der Waals surface area contributed by atoms with Crippen LogP contribution in [-0.2, 0) is 20.9 Å². The number of esters is 1. The molecule has 1 fully saturated rings. The van der Waals surface area contributed by atoms with Crippen LogP contribution in [0.5, 0.6) is 0 Å². The summed E-state index contributed by atoms with van der Waals surface area (Å²) >= 11 is 1.38. The van der Waals surface area contributed by atoms with E-state index in [0.29, 0.717) is 10.8 Å². The lowest BCUT2D eigenvalue weighted by Gasteiger charge is -2.28. The van der Waals surface area contributed by atoms with E-state index in [1.54, 1.807) is 4.90 Å². The van der Waals surface area contributed by atoms with Crippen molar-refractivity contribution in [3.05, 3.63) is 40.4 Å². The van der Waals surface area contributed by atoms with E-state index in [1.807, 2.05) is 37.4 Å². The molecule has 1 amide bonds. The predicted molar refractivity (Wildman–Crippen MR) is 120 cm³/mol. The number of benzene rings is 1. The summed E-state index contributed by atoms with van der Waals surface area (Å²) < 4.78 is 5.63. The molecular formula is C23H31N3O3S. The Balaban J connectivity index is 1.72. The van der Waals surface area contributed by atoms with Crippen molar-refractivity contribution < 1.29 is 14.3 Å². The number of carbonyl (C=O) groups excluding carboxylic acids is 2. The van der Waals surface area contributed by atoms with E-state index in [9.17, 15) is 9.59 Å². The quantitative estimate of drug-likeness (QED) is 0.602. The summed E-state index contributed by atoms with van der Waals surface area (Å²) in [4.78, 5) is 33.6. The van der Waals surface area contributed by atoms with Gasteiger partial charge in [-0.2, -0.15) is 0 Å². The van der Waals surface area contributed by atoms with Crippen LogP contribution in [0.25, 0.3) is 0 Å². The SMILES string of the molecule is CC(=O)N(c1nc(COC(=O)C(C(C)C)N2CCCC2)cs1)c1cccc(C)c1C. The standard InChI is InChI=1S/C23H31N3O3S/c1-15(2)21(25-11-6-7-12-25)22(28)29-13-19-14-30-23(24-19)26(18(5)27)20-10-8-9-16(3)17(20)4/h8-10,14-15,21H,6-7,11-13H2,1-5H3. The van der Waals surface area contributed by atoms with Gasteiger partial charge >= 0.3 is 5.97 Å². The molecule has 0 aliphatic carbocycles. The maximum Gasteiger partial charge on any atom is 0.324 e. The molecule has 1 saturated heterocycles. The molecule has 2 heterocycles. The van der Waals surface area contributed by atoms with Gasteiger partial charge in [-0.3, -0.25) is 19.4 Å². The van der Waals surface area contributed by atoms with Crippen molar-refractivity contribution in [1.82, 2.24) is 9.88 Å². The van der Waals surface area contributed by atoms with Crippen molar-refractivity contribution in [2.24, 2.45) is 5.92 Å². The van der Waals surface area contributed by atoms with Gasteiger partial charge in [0.25, 0.3) is 0 Å². The Labute approximate surface area is 182 Å². The second-order valence-electron chi connectivity index (χ2n) is 8.23. The van der Waals surface area contributed by atoms with E-state index < -0.39 is 0 Å². The molecule has 1 aromatic heterocycles. The minimum absolute atomic E-state index is 0.101. The molecule has 1 aromatic carbocycles. The van der Waals surface area contributed by atoms with Gasteiger partial charge in [0.15, 0.2) is 5.13 Å². The molecule has 0 radical (unpaired) electrons. The van der Waals surface area contributed by atoms with Crippen molar-refractivity contribution in [1.29, 1.82) is 0 Å². The van der Waals surface area contributed by atoms with Gasteiger partial charge in [-0.1, -0.05) is 26.0 Å². The van der Waals surface area contributed by atoms with Crippen LogP contribution < -0.4 is 4.90 Å². The first-order valence-electron chi connectivity index (χ1n) is 10.5. The Kier molecular flexibility index (Phi) is 7.26. The Morgan fingerprint density at radius 3 is 2.57 bits per heavy atom. The van der Waals surface area contributed by atoms with Crippen LogP contribution in [0.4, 0.5) is 10.8 Å². The monoisotopic (exact) mass is 429 g/mol. The first-order chi connectivity index (χ1) is 14.3. The maximum absolute atomic E-state index is 12.7. The van der Waals surface area contributed by atoms with Crippen molar-refractivity contribution in [3.63, 3.8) is 0 Å². The molecule has 0 bridgehead atoms. The number of ether oxygens (including phenoxy) is 1. The summed E-state index contributed by atoms with van der Waals surface area (Å²) in [7, 11) is 0. The van der Waals surface area contributed by atoms with Crippen molar-refractivity contribution in [2.75, 3.05) is 18.0 Å². The van der Waals surface area contributed by atoms with Crippen LogP contribution in [0.1, 0.15) is 50.4 Å². The lowest BCUT2D eigenvalue weighted by molar-refractivity contribution is -0.153. The number of hydrogen-bond donors (Lipinski definition) is 0. The summed E-state index contributed by atoms with van der Waals surface area (Å²) in [6.07, 6.45) is 2.26. The van der Waals surface area contributed by atoms with Crippen molar-refractivity contribution in [2.45, 2.75) is 60.1 Å². The van der Waals surface area contributed by atoms with Crippen LogP contribution in [-0.4, -0.2) is 40.9 Å². The highest BCUT2D eigenvalue weighted by Gasteiger charge is 2.32. The van der Waals surface area contributed by atoms with Gasteiger partial charge in [0, 0.05) is 12.3 Å². The summed E-state index contributed by atoms with van der Waals surface area (Å²) in [6, 6.07) is 5.67. The van der Waals surface area contributed by atoms with E-state index in [4.69, 9.17) is 4.74 Å². The number of amides is 1. The third-order valence-electron chi connectivity index (χ3n) is 5.63. The van der Waals surface area contributed by atoms with Crippen LogP contribution in [0.15, 0.2) is 23.6 Å². The summed E-state index contributed by atoms with van der Waals surface area (Å²) in [5, 5.41) is 2.44. The third kappa shape index (κ3) is 4.90. The molecule has 2 aromatic rings. The fourth-order valence-corrected chi connectivity index (χ4v) is 4.81. The Morgan fingerprint density at radius 2 is 1.93 bits per heavy atom. The highest BCUT2D eigenvalue weighted by atomic mass is 32.1. The molecule has 0 N–H and O–H groups in total. The van der Waals surface area contributed by atoms with Gasteiger partial charge in [0.1, 0.15) is 12.6 Å². The van der Waals surface area contributed by atoms with Crippen LogP contribution in [0.2, 0.25) is 0 Å². The zero-order valence-corrected chi connectivity index (χ0v) is 19.3. The van der Waals surface area contributed by atoms with Gasteiger partial charge in [0.05, 0.1) is 11.4 Å². The first kappa shape index (κ1) is 22.4. The van der Waals surface area contributed by atoms with Crippen LogP contribution in [0.3, 0.4) is 0 Å². The molecule has 30 heavy (non-hydrogen) atoms. The van der Waals surface area contributed by atoms with Crippen LogP contribution >= 0.6 is 11.3 Å². The molecule has 0 saturated carbocycles. The molecule has 162 valence electrons. The number of hydrogen-bond acceptors (Lipinski definition) is 6. The van der Waals surface area contributed by atoms with E-state index in [-0.39, 0.29) is 30.4 Å². The zero-order valence-electron chi connectivity index (χ0n) is 18.5. The van der Waals surface area contributed by atoms with Crippen LogP contribution in [0, 0.1) is 19.8 Å². The molecule has 1 aliphatic rings. The first-order valence-corrected chi connectivity index (χ1v) is 11.4. The van der Waals surface area contributed by atoms with E-state index >= 15 is 0 Å². The molecule has 7 heteroatoms. The number of carbonyl (C=O) groups is 2. The zero-order chi connectivity index (χ0) is 21.8. The van der Waals surface area contributed by atoms with Gasteiger partial charge < -0.3 is 4.74 Å². The third-order valence-corrected chi connectivity index (χ3v) is 6.51. The Hall–Kier alpha value is -2.25. The smallest absolute Gasteiger partial charge is 0.324 e. The molecule has 3 rings (SSSR count). The molecule has 1 aliphatic heterocycles. The van der Waals surface area contributed by atoms with Crippen molar-refractivity contribution >= 4 is 34.0 Å². The highest BCUT2D eigenvalue weighted by Crippen LogP contribution is 2.32. The van der Waals surface area contributed by atoms with E-state index in [2.05, 4.69) is 23.7 Å². The summed E-state index contributed by atoms with van der Waals surface area (Å²) in [5.41, 5.74) is 3.64. The molecule has 0 spiro atoms. The fourth-order valence-electron chi connectivity index (χ4n) is 3.94. The lowest BCUT2D eigenvalue weighted by Crippen LogP contribution is -2.44. The number of aryl methyl sites for hydroxylation is 1. The number of thiazole rings is 1. The van der Waals surface area contributed by atoms with Gasteiger partial charge in [-0.15, -0.1) is 11.3 Å². The largest absolute Gasteiger partial charge is 0.458 e. The van der Waals surface area contributed by atoms with Gasteiger partial charge in [-0.25, -0.2) is 4.98 Å². The lowest BCUT2D eigenvalue weighted by atomic mass is 10.0. The summed E-state index contributed by atoms with van der Waals surface area (Å²) in [6.45, 7) is 11.7. The van der Waals surface area contributed by atoms with Gasteiger partial charge in [0.2, 0.25) is 5.91 Å². The second kappa shape index (κ2) is 9.71.